The molecule has 1 aliphatic carbocycles. The van der Waals surface area contributed by atoms with Crippen molar-refractivity contribution in [2.24, 2.45) is 0 Å². The SMILES string of the molecule is c1cncc([C@H]2c3nc[nH]c3CCN2Cc2nc3c(s2)CCCC3)c1. The van der Waals surface area contributed by atoms with Gasteiger partial charge in [0.15, 0.2) is 0 Å². The molecule has 0 amide bonds. The molecule has 0 spiro atoms. The summed E-state index contributed by atoms with van der Waals surface area (Å²) in [6.45, 7) is 1.91. The van der Waals surface area contributed by atoms with Gasteiger partial charge in [-0.2, -0.15) is 0 Å². The van der Waals surface area contributed by atoms with Gasteiger partial charge in [-0.15, -0.1) is 11.3 Å². The quantitative estimate of drug-likeness (QED) is 0.787. The molecule has 1 atom stereocenters. The molecule has 0 radical (unpaired) electrons. The fraction of sp³-hybridized carbons (Fsp3) is 0.421. The maximum absolute atomic E-state index is 4.95. The van der Waals surface area contributed by atoms with Crippen molar-refractivity contribution in [3.8, 4) is 0 Å². The molecule has 128 valence electrons. The molecule has 6 heteroatoms. The van der Waals surface area contributed by atoms with Crippen molar-refractivity contribution in [3.05, 3.63) is 63.4 Å². The van der Waals surface area contributed by atoms with Gasteiger partial charge >= 0.3 is 0 Å². The lowest BCUT2D eigenvalue weighted by atomic mass is 9.97. The number of fused-ring (bicyclic) bond motifs is 2. The molecule has 5 nitrogen and oxygen atoms in total. The van der Waals surface area contributed by atoms with Crippen LogP contribution in [0.1, 0.15) is 51.4 Å². The summed E-state index contributed by atoms with van der Waals surface area (Å²) in [6.07, 6.45) is 11.6. The van der Waals surface area contributed by atoms with Crippen LogP contribution in [-0.4, -0.2) is 31.4 Å². The van der Waals surface area contributed by atoms with E-state index in [1.165, 1.54) is 46.1 Å². The maximum Gasteiger partial charge on any atom is 0.107 e. The van der Waals surface area contributed by atoms with E-state index in [1.54, 1.807) is 0 Å². The minimum absolute atomic E-state index is 0.157. The lowest BCUT2D eigenvalue weighted by Gasteiger charge is -2.34. The Morgan fingerprint density at radius 2 is 2.20 bits per heavy atom. The van der Waals surface area contributed by atoms with Crippen molar-refractivity contribution in [2.75, 3.05) is 6.54 Å². The van der Waals surface area contributed by atoms with Gasteiger partial charge in [-0.1, -0.05) is 6.07 Å². The monoisotopic (exact) mass is 351 g/mol. The van der Waals surface area contributed by atoms with Crippen molar-refractivity contribution in [1.29, 1.82) is 0 Å². The second kappa shape index (κ2) is 6.35. The Morgan fingerprint density at radius 3 is 3.08 bits per heavy atom. The standard InChI is InChI=1S/C19H21N5S/c1-2-6-16-14(5-1)23-17(25-16)11-24-9-7-15-18(22-12-21-15)19(24)13-4-3-8-20-10-13/h3-4,8,10,12,19H,1-2,5-7,9,11H2,(H,21,22)/t19-/m0/s1. The predicted molar refractivity (Wildman–Crippen MR) is 97.5 cm³/mol. The molecule has 0 aromatic carbocycles. The van der Waals surface area contributed by atoms with Gasteiger partial charge in [0, 0.05) is 35.9 Å². The fourth-order valence-electron chi connectivity index (χ4n) is 4.05. The molecular weight excluding hydrogens is 330 g/mol. The van der Waals surface area contributed by atoms with Gasteiger partial charge in [-0.25, -0.2) is 9.97 Å². The van der Waals surface area contributed by atoms with Gasteiger partial charge in [0.2, 0.25) is 0 Å². The number of aryl methyl sites for hydroxylation is 2. The van der Waals surface area contributed by atoms with Crippen LogP contribution in [0.15, 0.2) is 30.9 Å². The summed E-state index contributed by atoms with van der Waals surface area (Å²) in [5.74, 6) is 0. The lowest BCUT2D eigenvalue weighted by molar-refractivity contribution is 0.199. The molecule has 4 heterocycles. The van der Waals surface area contributed by atoms with Gasteiger partial charge in [-0.3, -0.25) is 9.88 Å². The summed E-state index contributed by atoms with van der Waals surface area (Å²) in [7, 11) is 0. The molecule has 0 saturated heterocycles. The summed E-state index contributed by atoms with van der Waals surface area (Å²) < 4.78 is 0. The van der Waals surface area contributed by atoms with Crippen molar-refractivity contribution in [1.82, 2.24) is 24.8 Å². The third-order valence-electron chi connectivity index (χ3n) is 5.25. The molecule has 0 saturated carbocycles. The minimum Gasteiger partial charge on any atom is -0.348 e. The highest BCUT2D eigenvalue weighted by Crippen LogP contribution is 2.35. The number of nitrogens with zero attached hydrogens (tertiary/aromatic N) is 4. The molecule has 1 N–H and O–H groups in total. The van der Waals surface area contributed by atoms with Gasteiger partial charge in [0.1, 0.15) is 5.01 Å². The number of imidazole rings is 1. The lowest BCUT2D eigenvalue weighted by Crippen LogP contribution is -2.35. The first kappa shape index (κ1) is 15.2. The zero-order chi connectivity index (χ0) is 16.6. The van der Waals surface area contributed by atoms with Crippen molar-refractivity contribution in [3.63, 3.8) is 0 Å². The highest BCUT2D eigenvalue weighted by atomic mass is 32.1. The van der Waals surface area contributed by atoms with E-state index in [1.807, 2.05) is 36.1 Å². The largest absolute Gasteiger partial charge is 0.348 e. The third-order valence-corrected chi connectivity index (χ3v) is 6.40. The Kier molecular flexibility index (Phi) is 3.87. The molecule has 3 aromatic rings. The van der Waals surface area contributed by atoms with Gasteiger partial charge in [-0.05, 0) is 37.3 Å². The second-order valence-corrected chi connectivity index (χ2v) is 8.03. The Balaban J connectivity index is 1.48. The number of aromatic amines is 1. The van der Waals surface area contributed by atoms with Crippen molar-refractivity contribution in [2.45, 2.75) is 44.7 Å². The third kappa shape index (κ3) is 2.79. The number of H-pyrrole nitrogens is 1. The summed E-state index contributed by atoms with van der Waals surface area (Å²) in [5.41, 5.74) is 4.95. The van der Waals surface area contributed by atoms with Crippen LogP contribution >= 0.6 is 11.3 Å². The topological polar surface area (TPSA) is 57.7 Å². The van der Waals surface area contributed by atoms with E-state index in [4.69, 9.17) is 4.98 Å². The van der Waals surface area contributed by atoms with Crippen LogP contribution < -0.4 is 0 Å². The number of hydrogen-bond acceptors (Lipinski definition) is 5. The highest BCUT2D eigenvalue weighted by molar-refractivity contribution is 7.11. The maximum atomic E-state index is 4.95. The van der Waals surface area contributed by atoms with E-state index >= 15 is 0 Å². The fourth-order valence-corrected chi connectivity index (χ4v) is 5.23. The number of thiazole rings is 1. The summed E-state index contributed by atoms with van der Waals surface area (Å²) >= 11 is 1.91. The van der Waals surface area contributed by atoms with Gasteiger partial charge in [0.05, 0.1) is 30.3 Å². The van der Waals surface area contributed by atoms with Crippen LogP contribution in [0.3, 0.4) is 0 Å². The number of aromatic nitrogens is 4. The molecular formula is C19H21N5S. The summed E-state index contributed by atoms with van der Waals surface area (Å²) in [6, 6.07) is 4.32. The second-order valence-electron chi connectivity index (χ2n) is 6.86. The number of pyridine rings is 1. The van der Waals surface area contributed by atoms with E-state index < -0.39 is 0 Å². The van der Waals surface area contributed by atoms with Crippen LogP contribution in [0.2, 0.25) is 0 Å². The molecule has 0 bridgehead atoms. The molecule has 2 aliphatic rings. The van der Waals surface area contributed by atoms with E-state index in [0.717, 1.165) is 31.6 Å². The molecule has 3 aromatic heterocycles. The number of hydrogen-bond donors (Lipinski definition) is 1. The Morgan fingerprint density at radius 1 is 1.24 bits per heavy atom. The number of rotatable bonds is 3. The van der Waals surface area contributed by atoms with Crippen molar-refractivity contribution < 1.29 is 0 Å². The van der Waals surface area contributed by atoms with Crippen LogP contribution in [0.4, 0.5) is 0 Å². The smallest absolute Gasteiger partial charge is 0.107 e. The predicted octanol–water partition coefficient (Wildman–Crippen LogP) is 3.29. The van der Waals surface area contributed by atoms with E-state index in [-0.39, 0.29) is 6.04 Å². The zero-order valence-electron chi connectivity index (χ0n) is 14.1. The Bertz CT molecular complexity index is 846. The average molecular weight is 351 g/mol. The Hall–Kier alpha value is -2.05. The van der Waals surface area contributed by atoms with Crippen LogP contribution in [0.5, 0.6) is 0 Å². The van der Waals surface area contributed by atoms with Gasteiger partial charge in [0.25, 0.3) is 0 Å². The summed E-state index contributed by atoms with van der Waals surface area (Å²) in [5, 5.41) is 1.25. The number of nitrogens with one attached hydrogen (secondary N) is 1. The van der Waals surface area contributed by atoms with Crippen LogP contribution in [0.25, 0.3) is 0 Å². The first-order valence-electron chi connectivity index (χ1n) is 9.02. The zero-order valence-corrected chi connectivity index (χ0v) is 14.9. The van der Waals surface area contributed by atoms with Crippen LogP contribution in [-0.2, 0) is 25.8 Å². The first-order chi connectivity index (χ1) is 12.4. The first-order valence-corrected chi connectivity index (χ1v) is 9.84. The molecule has 25 heavy (non-hydrogen) atoms. The average Bonchev–Trinajstić information content (AvgIpc) is 3.28. The Labute approximate surface area is 151 Å². The molecule has 1 aliphatic heterocycles. The highest BCUT2D eigenvalue weighted by Gasteiger charge is 2.32. The molecule has 0 unspecified atom stereocenters. The minimum atomic E-state index is 0.157. The van der Waals surface area contributed by atoms with E-state index in [9.17, 15) is 0 Å². The molecule has 5 rings (SSSR count). The van der Waals surface area contributed by atoms with E-state index in [0.29, 0.717) is 0 Å². The van der Waals surface area contributed by atoms with E-state index in [2.05, 4.69) is 25.9 Å². The normalized spacial score (nSPS) is 20.2. The summed E-state index contributed by atoms with van der Waals surface area (Å²) in [4.78, 5) is 21.2. The van der Waals surface area contributed by atoms with Crippen LogP contribution in [0, 0.1) is 0 Å². The molecule has 0 fully saturated rings. The van der Waals surface area contributed by atoms with Crippen molar-refractivity contribution >= 4 is 11.3 Å². The van der Waals surface area contributed by atoms with Gasteiger partial charge < -0.3 is 4.98 Å².